The smallest absolute Gasteiger partial charge is 0.330 e. The Balaban J connectivity index is 3.12. The van der Waals surface area contributed by atoms with Crippen molar-refractivity contribution in [2.75, 3.05) is 12.8 Å². The summed E-state index contributed by atoms with van der Waals surface area (Å²) >= 11 is 1.30. The van der Waals surface area contributed by atoms with Gasteiger partial charge in [0.05, 0.1) is 5.92 Å². The first-order valence-corrected chi connectivity index (χ1v) is 5.63. The van der Waals surface area contributed by atoms with Gasteiger partial charge < -0.3 is 5.73 Å². The van der Waals surface area contributed by atoms with Gasteiger partial charge in [-0.3, -0.25) is 0 Å². The summed E-state index contributed by atoms with van der Waals surface area (Å²) in [6.45, 7) is -0.416. The van der Waals surface area contributed by atoms with Crippen molar-refractivity contribution >= 4 is 11.8 Å². The van der Waals surface area contributed by atoms with Crippen LogP contribution in [0.15, 0.2) is 29.2 Å². The van der Waals surface area contributed by atoms with Crippen molar-refractivity contribution in [2.45, 2.75) is 17.0 Å². The largest absolute Gasteiger partial charge is 0.396 e. The van der Waals surface area contributed by atoms with Crippen molar-refractivity contribution in [3.05, 3.63) is 29.8 Å². The Labute approximate surface area is 90.9 Å². The molecule has 0 aromatic heterocycles. The summed E-state index contributed by atoms with van der Waals surface area (Å²) in [7, 11) is 0. The molecule has 1 atom stereocenters. The fourth-order valence-electron chi connectivity index (χ4n) is 1.39. The number of thioether (sulfide) groups is 1. The molecule has 1 unspecified atom stereocenters. The SMILES string of the molecule is CSc1ccccc1C(CN)C(F)(F)F. The zero-order valence-corrected chi connectivity index (χ0v) is 9.03. The number of hydrogen-bond acceptors (Lipinski definition) is 2. The van der Waals surface area contributed by atoms with Crippen molar-refractivity contribution in [2.24, 2.45) is 5.73 Å². The van der Waals surface area contributed by atoms with E-state index in [2.05, 4.69) is 0 Å². The predicted octanol–water partition coefficient (Wildman–Crippen LogP) is 3.01. The van der Waals surface area contributed by atoms with Crippen molar-refractivity contribution in [3.8, 4) is 0 Å². The summed E-state index contributed by atoms with van der Waals surface area (Å²) in [5.41, 5.74) is 5.45. The highest BCUT2D eigenvalue weighted by Gasteiger charge is 2.40. The monoisotopic (exact) mass is 235 g/mol. The molecule has 0 aliphatic rings. The normalized spacial score (nSPS) is 13.9. The summed E-state index contributed by atoms with van der Waals surface area (Å²) in [6.07, 6.45) is -2.52. The van der Waals surface area contributed by atoms with E-state index in [0.29, 0.717) is 4.90 Å². The van der Waals surface area contributed by atoms with Crippen LogP contribution in [0.25, 0.3) is 0 Å². The van der Waals surface area contributed by atoms with E-state index in [1.165, 1.54) is 17.8 Å². The fourth-order valence-corrected chi connectivity index (χ4v) is 2.05. The maximum atomic E-state index is 12.6. The lowest BCUT2D eigenvalue weighted by Gasteiger charge is -2.20. The molecule has 0 fully saturated rings. The zero-order valence-electron chi connectivity index (χ0n) is 8.21. The minimum Gasteiger partial charge on any atom is -0.330 e. The van der Waals surface area contributed by atoms with Crippen LogP contribution in [0.2, 0.25) is 0 Å². The van der Waals surface area contributed by atoms with Gasteiger partial charge in [0.2, 0.25) is 0 Å². The molecule has 1 nitrogen and oxygen atoms in total. The highest BCUT2D eigenvalue weighted by molar-refractivity contribution is 7.98. The molecule has 1 aromatic rings. The van der Waals surface area contributed by atoms with Crippen LogP contribution in [0.5, 0.6) is 0 Å². The van der Waals surface area contributed by atoms with E-state index < -0.39 is 18.6 Å². The molecule has 0 heterocycles. The minimum absolute atomic E-state index is 0.264. The van der Waals surface area contributed by atoms with Gasteiger partial charge in [0.15, 0.2) is 0 Å². The third kappa shape index (κ3) is 2.89. The first kappa shape index (κ1) is 12.4. The van der Waals surface area contributed by atoms with E-state index in [0.717, 1.165) is 0 Å². The van der Waals surface area contributed by atoms with E-state index in [1.807, 2.05) is 0 Å². The Morgan fingerprint density at radius 2 is 1.93 bits per heavy atom. The van der Waals surface area contributed by atoms with Crippen LogP contribution in [0.3, 0.4) is 0 Å². The van der Waals surface area contributed by atoms with Crippen LogP contribution < -0.4 is 5.73 Å². The zero-order chi connectivity index (χ0) is 11.5. The van der Waals surface area contributed by atoms with E-state index >= 15 is 0 Å². The highest BCUT2D eigenvalue weighted by Crippen LogP contribution is 2.37. The van der Waals surface area contributed by atoms with Gasteiger partial charge in [0.25, 0.3) is 0 Å². The molecule has 1 rings (SSSR count). The lowest BCUT2D eigenvalue weighted by atomic mass is 9.99. The maximum Gasteiger partial charge on any atom is 0.396 e. The van der Waals surface area contributed by atoms with Gasteiger partial charge in [-0.15, -0.1) is 11.8 Å². The van der Waals surface area contributed by atoms with E-state index in [9.17, 15) is 13.2 Å². The molecule has 1 aromatic carbocycles. The third-order valence-electron chi connectivity index (χ3n) is 2.15. The number of hydrogen-bond donors (Lipinski definition) is 1. The van der Waals surface area contributed by atoms with E-state index in [4.69, 9.17) is 5.73 Å². The van der Waals surface area contributed by atoms with Crippen LogP contribution >= 0.6 is 11.8 Å². The number of nitrogens with two attached hydrogens (primary N) is 1. The summed E-state index contributed by atoms with van der Waals surface area (Å²) in [5, 5.41) is 0. The van der Waals surface area contributed by atoms with Crippen molar-refractivity contribution in [1.29, 1.82) is 0 Å². The number of halogens is 3. The third-order valence-corrected chi connectivity index (χ3v) is 2.96. The Morgan fingerprint density at radius 1 is 1.33 bits per heavy atom. The molecular weight excluding hydrogens is 223 g/mol. The van der Waals surface area contributed by atoms with Gasteiger partial charge in [0.1, 0.15) is 0 Å². The van der Waals surface area contributed by atoms with Crippen LogP contribution in [-0.2, 0) is 0 Å². The molecule has 0 bridgehead atoms. The van der Waals surface area contributed by atoms with Crippen LogP contribution in [-0.4, -0.2) is 19.0 Å². The van der Waals surface area contributed by atoms with Crippen molar-refractivity contribution < 1.29 is 13.2 Å². The summed E-state index contributed by atoms with van der Waals surface area (Å²) < 4.78 is 37.9. The van der Waals surface area contributed by atoms with Gasteiger partial charge in [-0.2, -0.15) is 13.2 Å². The van der Waals surface area contributed by atoms with Crippen LogP contribution in [0.4, 0.5) is 13.2 Å². The molecule has 0 radical (unpaired) electrons. The summed E-state index contributed by atoms with van der Waals surface area (Å²) in [4.78, 5) is 0.630. The topological polar surface area (TPSA) is 26.0 Å². The fraction of sp³-hybridized carbons (Fsp3) is 0.400. The molecule has 2 N–H and O–H groups in total. The standard InChI is InChI=1S/C10H12F3NS/c1-15-9-5-3-2-4-7(9)8(6-14)10(11,12)13/h2-5,8H,6,14H2,1H3. The molecule has 0 aliphatic heterocycles. The van der Waals surface area contributed by atoms with Gasteiger partial charge in [0, 0.05) is 11.4 Å². The second-order valence-electron chi connectivity index (χ2n) is 3.07. The first-order valence-electron chi connectivity index (χ1n) is 4.40. The molecular formula is C10H12F3NS. The van der Waals surface area contributed by atoms with Gasteiger partial charge in [-0.1, -0.05) is 18.2 Å². The number of benzene rings is 1. The number of alkyl halides is 3. The van der Waals surface area contributed by atoms with E-state index in [-0.39, 0.29) is 5.56 Å². The molecule has 0 saturated heterocycles. The predicted molar refractivity (Wildman–Crippen MR) is 56.1 cm³/mol. The number of rotatable bonds is 3. The molecule has 0 spiro atoms. The molecule has 84 valence electrons. The lowest BCUT2D eigenvalue weighted by Crippen LogP contribution is -2.28. The average Bonchev–Trinajstić information content (AvgIpc) is 2.17. The lowest BCUT2D eigenvalue weighted by molar-refractivity contribution is -0.148. The van der Waals surface area contributed by atoms with Crippen molar-refractivity contribution in [1.82, 2.24) is 0 Å². The highest BCUT2D eigenvalue weighted by atomic mass is 32.2. The van der Waals surface area contributed by atoms with Crippen molar-refractivity contribution in [3.63, 3.8) is 0 Å². The summed E-state index contributed by atoms with van der Waals surface area (Å²) in [6, 6.07) is 6.48. The Bertz CT molecular complexity index is 325. The Kier molecular flexibility index (Phi) is 4.04. The molecule has 0 amide bonds. The van der Waals surface area contributed by atoms with Gasteiger partial charge in [-0.25, -0.2) is 0 Å². The van der Waals surface area contributed by atoms with Gasteiger partial charge in [-0.05, 0) is 17.9 Å². The van der Waals surface area contributed by atoms with Crippen LogP contribution in [0, 0.1) is 0 Å². The van der Waals surface area contributed by atoms with Crippen LogP contribution in [0.1, 0.15) is 11.5 Å². The minimum atomic E-state index is -4.28. The average molecular weight is 235 g/mol. The maximum absolute atomic E-state index is 12.6. The first-order chi connectivity index (χ1) is 7.00. The second kappa shape index (κ2) is 4.90. The Morgan fingerprint density at radius 3 is 2.40 bits per heavy atom. The quantitative estimate of drug-likeness (QED) is 0.815. The Hall–Kier alpha value is -0.680. The van der Waals surface area contributed by atoms with Gasteiger partial charge >= 0.3 is 6.18 Å². The molecule has 15 heavy (non-hydrogen) atoms. The second-order valence-corrected chi connectivity index (χ2v) is 3.92. The molecule has 0 aliphatic carbocycles. The van der Waals surface area contributed by atoms with E-state index in [1.54, 1.807) is 24.5 Å². The molecule has 0 saturated carbocycles. The summed E-state index contributed by atoms with van der Waals surface area (Å²) in [5.74, 6) is -1.57. The molecule has 5 heteroatoms.